The molecule has 0 bridgehead atoms. The zero-order valence-electron chi connectivity index (χ0n) is 6.40. The van der Waals surface area contributed by atoms with Gasteiger partial charge in [0.25, 0.3) is 0 Å². The molecule has 4 heteroatoms. The van der Waals surface area contributed by atoms with E-state index in [-0.39, 0.29) is 17.7 Å². The molecule has 10 heavy (non-hydrogen) atoms. The molecular formula is C6H11N3O. The summed E-state index contributed by atoms with van der Waals surface area (Å²) in [5.41, 5.74) is 8.01. The molecule has 0 radical (unpaired) electrons. The summed E-state index contributed by atoms with van der Waals surface area (Å²) in [6.07, 6.45) is 0.114. The summed E-state index contributed by atoms with van der Waals surface area (Å²) < 4.78 is 5.25. The average molecular weight is 141 g/mol. The van der Waals surface area contributed by atoms with E-state index in [1.165, 1.54) is 0 Å². The Kier molecular flexibility index (Phi) is 1.58. The summed E-state index contributed by atoms with van der Waals surface area (Å²) >= 11 is 0. The fraction of sp³-hybridized carbons (Fsp3) is 1.00. The van der Waals surface area contributed by atoms with Crippen molar-refractivity contribution in [2.24, 2.45) is 5.11 Å². The number of nitrogens with zero attached hydrogens (tertiary/aromatic N) is 3. The van der Waals surface area contributed by atoms with Crippen LogP contribution in [0, 0.1) is 0 Å². The van der Waals surface area contributed by atoms with Gasteiger partial charge >= 0.3 is 0 Å². The van der Waals surface area contributed by atoms with E-state index in [0.29, 0.717) is 0 Å². The lowest BCUT2D eigenvalue weighted by Crippen LogP contribution is -2.14. The van der Waals surface area contributed by atoms with E-state index in [2.05, 4.69) is 10.0 Å². The van der Waals surface area contributed by atoms with Crippen molar-refractivity contribution in [1.82, 2.24) is 0 Å². The van der Waals surface area contributed by atoms with Crippen LogP contribution in [0.3, 0.4) is 0 Å². The molecule has 0 aromatic carbocycles. The van der Waals surface area contributed by atoms with E-state index in [0.717, 1.165) is 0 Å². The minimum atomic E-state index is -0.0758. The third-order valence-electron chi connectivity index (χ3n) is 1.73. The SMILES string of the molecule is CC(N=[N+]=[N-])C1OC1(C)C. The number of rotatable bonds is 2. The van der Waals surface area contributed by atoms with Crippen LogP contribution in [0.15, 0.2) is 5.11 Å². The van der Waals surface area contributed by atoms with Crippen molar-refractivity contribution < 1.29 is 4.74 Å². The molecule has 0 aromatic rings. The zero-order valence-corrected chi connectivity index (χ0v) is 6.40. The Morgan fingerprint density at radius 2 is 2.20 bits per heavy atom. The highest BCUT2D eigenvalue weighted by molar-refractivity contribution is 5.00. The van der Waals surface area contributed by atoms with Gasteiger partial charge in [0.05, 0.1) is 17.7 Å². The van der Waals surface area contributed by atoms with Gasteiger partial charge in [-0.3, -0.25) is 0 Å². The van der Waals surface area contributed by atoms with Crippen LogP contribution in [0.1, 0.15) is 20.8 Å². The van der Waals surface area contributed by atoms with Gasteiger partial charge in [-0.15, -0.1) is 0 Å². The third-order valence-corrected chi connectivity index (χ3v) is 1.73. The van der Waals surface area contributed by atoms with Crippen LogP contribution >= 0.6 is 0 Å². The molecule has 0 amide bonds. The second-order valence-electron chi connectivity index (χ2n) is 3.09. The monoisotopic (exact) mass is 141 g/mol. The molecule has 1 heterocycles. The third kappa shape index (κ3) is 1.23. The molecule has 0 aromatic heterocycles. The summed E-state index contributed by atoms with van der Waals surface area (Å²) in [6, 6.07) is -0.0417. The molecule has 0 saturated carbocycles. The zero-order chi connectivity index (χ0) is 7.78. The Hall–Kier alpha value is -0.730. The highest BCUT2D eigenvalue weighted by Crippen LogP contribution is 2.38. The van der Waals surface area contributed by atoms with Crippen molar-refractivity contribution in [3.05, 3.63) is 10.4 Å². The fourth-order valence-electron chi connectivity index (χ4n) is 1.11. The Labute approximate surface area is 59.8 Å². The molecule has 0 spiro atoms. The Balaban J connectivity index is 2.47. The second kappa shape index (κ2) is 2.15. The van der Waals surface area contributed by atoms with E-state index >= 15 is 0 Å². The van der Waals surface area contributed by atoms with Gasteiger partial charge in [-0.1, -0.05) is 12.0 Å². The molecule has 1 saturated heterocycles. The maximum Gasteiger partial charge on any atom is 0.0949 e. The van der Waals surface area contributed by atoms with Crippen LogP contribution in [0.25, 0.3) is 10.4 Å². The van der Waals surface area contributed by atoms with Crippen LogP contribution in [0.5, 0.6) is 0 Å². The summed E-state index contributed by atoms with van der Waals surface area (Å²) in [6.45, 7) is 5.83. The second-order valence-corrected chi connectivity index (χ2v) is 3.09. The van der Waals surface area contributed by atoms with Gasteiger partial charge in [0.2, 0.25) is 0 Å². The van der Waals surface area contributed by atoms with Crippen molar-refractivity contribution in [3.63, 3.8) is 0 Å². The summed E-state index contributed by atoms with van der Waals surface area (Å²) in [5.74, 6) is 0. The number of hydrogen-bond acceptors (Lipinski definition) is 2. The van der Waals surface area contributed by atoms with E-state index in [1.54, 1.807) is 0 Å². The van der Waals surface area contributed by atoms with Gasteiger partial charge < -0.3 is 4.74 Å². The maximum absolute atomic E-state index is 8.09. The summed E-state index contributed by atoms with van der Waals surface area (Å²) in [7, 11) is 0. The molecule has 4 nitrogen and oxygen atoms in total. The van der Waals surface area contributed by atoms with Crippen LogP contribution in [-0.2, 0) is 4.74 Å². The van der Waals surface area contributed by atoms with Crippen LogP contribution in [0.4, 0.5) is 0 Å². The minimum Gasteiger partial charge on any atom is -0.366 e. The Bertz CT molecular complexity index is 183. The number of hydrogen-bond donors (Lipinski definition) is 0. The standard InChI is InChI=1S/C6H11N3O/c1-4(8-9-7)5-6(2,3)10-5/h4-5H,1-3H3. The van der Waals surface area contributed by atoms with Crippen molar-refractivity contribution in [3.8, 4) is 0 Å². The molecule has 1 rings (SSSR count). The fourth-order valence-corrected chi connectivity index (χ4v) is 1.11. The van der Waals surface area contributed by atoms with E-state index in [4.69, 9.17) is 10.3 Å². The molecule has 2 unspecified atom stereocenters. The molecule has 0 aliphatic carbocycles. The summed E-state index contributed by atoms with van der Waals surface area (Å²) in [4.78, 5) is 2.71. The Morgan fingerprint density at radius 1 is 1.70 bits per heavy atom. The normalized spacial score (nSPS) is 30.5. The smallest absolute Gasteiger partial charge is 0.0949 e. The first-order valence-electron chi connectivity index (χ1n) is 3.30. The lowest BCUT2D eigenvalue weighted by Gasteiger charge is -1.98. The minimum absolute atomic E-state index is 0.0417. The Morgan fingerprint density at radius 3 is 2.50 bits per heavy atom. The van der Waals surface area contributed by atoms with E-state index < -0.39 is 0 Å². The quantitative estimate of drug-likeness (QED) is 0.250. The topological polar surface area (TPSA) is 61.3 Å². The van der Waals surface area contributed by atoms with Gasteiger partial charge in [-0.2, -0.15) is 0 Å². The number of epoxide rings is 1. The van der Waals surface area contributed by atoms with Crippen molar-refractivity contribution in [2.75, 3.05) is 0 Å². The predicted molar refractivity (Wildman–Crippen MR) is 37.6 cm³/mol. The van der Waals surface area contributed by atoms with Gasteiger partial charge in [0.1, 0.15) is 0 Å². The van der Waals surface area contributed by atoms with Crippen molar-refractivity contribution in [1.29, 1.82) is 0 Å². The summed E-state index contributed by atoms with van der Waals surface area (Å²) in [5, 5.41) is 3.54. The molecule has 1 aliphatic heterocycles. The highest BCUT2D eigenvalue weighted by atomic mass is 16.6. The highest BCUT2D eigenvalue weighted by Gasteiger charge is 2.50. The van der Waals surface area contributed by atoms with E-state index in [9.17, 15) is 0 Å². The van der Waals surface area contributed by atoms with Crippen LogP contribution in [0.2, 0.25) is 0 Å². The van der Waals surface area contributed by atoms with Crippen LogP contribution in [-0.4, -0.2) is 17.7 Å². The predicted octanol–water partition coefficient (Wildman–Crippen LogP) is 1.86. The van der Waals surface area contributed by atoms with Gasteiger partial charge in [-0.05, 0) is 19.4 Å². The average Bonchev–Trinajstić information content (AvgIpc) is 2.41. The molecule has 1 aliphatic rings. The van der Waals surface area contributed by atoms with Crippen molar-refractivity contribution in [2.45, 2.75) is 38.5 Å². The van der Waals surface area contributed by atoms with Crippen LogP contribution < -0.4 is 0 Å². The maximum atomic E-state index is 8.09. The first-order chi connectivity index (χ1) is 4.58. The van der Waals surface area contributed by atoms with Gasteiger partial charge in [-0.25, -0.2) is 0 Å². The largest absolute Gasteiger partial charge is 0.366 e. The molecule has 56 valence electrons. The number of ether oxygens (including phenoxy) is 1. The van der Waals surface area contributed by atoms with Gasteiger partial charge in [0.15, 0.2) is 0 Å². The molecule has 1 fully saturated rings. The lowest BCUT2D eigenvalue weighted by molar-refractivity contribution is 0.315. The lowest BCUT2D eigenvalue weighted by atomic mass is 10.1. The van der Waals surface area contributed by atoms with E-state index in [1.807, 2.05) is 20.8 Å². The van der Waals surface area contributed by atoms with Crippen molar-refractivity contribution >= 4 is 0 Å². The van der Waals surface area contributed by atoms with Gasteiger partial charge in [0, 0.05) is 4.91 Å². The molecular weight excluding hydrogens is 130 g/mol. The first kappa shape index (κ1) is 7.38. The number of azide groups is 1. The first-order valence-corrected chi connectivity index (χ1v) is 3.30. The molecule has 0 N–H and O–H groups in total. The molecule has 2 atom stereocenters.